The van der Waals surface area contributed by atoms with Crippen LogP contribution in [0.4, 0.5) is 5.88 Å². The lowest BCUT2D eigenvalue weighted by molar-refractivity contribution is 0.397. The van der Waals surface area contributed by atoms with Crippen LogP contribution in [0, 0.1) is 0 Å². The van der Waals surface area contributed by atoms with Crippen LogP contribution in [0.5, 0.6) is 5.75 Å². The van der Waals surface area contributed by atoms with Gasteiger partial charge in [-0.25, -0.2) is 0 Å². The second-order valence-electron chi connectivity index (χ2n) is 5.28. The van der Waals surface area contributed by atoms with Gasteiger partial charge in [-0.15, -0.1) is 0 Å². The van der Waals surface area contributed by atoms with Crippen molar-refractivity contribution >= 4 is 5.88 Å². The molecule has 2 N–H and O–H groups in total. The molecule has 1 heterocycles. The van der Waals surface area contributed by atoms with Gasteiger partial charge in [0.25, 0.3) is 0 Å². The summed E-state index contributed by atoms with van der Waals surface area (Å²) in [5.74, 6) is 1.20. The van der Waals surface area contributed by atoms with Crippen molar-refractivity contribution in [1.82, 2.24) is 5.16 Å². The number of methoxy groups -OCH3 is 1. The minimum Gasteiger partial charge on any atom is -0.496 e. The molecule has 0 aliphatic heterocycles. The summed E-state index contributed by atoms with van der Waals surface area (Å²) in [7, 11) is 1.68. The molecule has 0 aliphatic carbocycles. The summed E-state index contributed by atoms with van der Waals surface area (Å²) >= 11 is 0. The molecule has 0 spiro atoms. The average Bonchev–Trinajstić information content (AvgIpc) is 2.74. The van der Waals surface area contributed by atoms with Gasteiger partial charge in [0.05, 0.1) is 7.11 Å². The number of benzene rings is 1. The van der Waals surface area contributed by atoms with Gasteiger partial charge in [0.1, 0.15) is 11.4 Å². The molecule has 0 amide bonds. The van der Waals surface area contributed by atoms with Gasteiger partial charge in [-0.1, -0.05) is 25.9 Å². The molecule has 0 bridgehead atoms. The maximum Gasteiger partial charge on any atom is 0.222 e. The van der Waals surface area contributed by atoms with E-state index in [0.29, 0.717) is 5.88 Å². The third kappa shape index (κ3) is 2.32. The molecule has 0 radical (unpaired) electrons. The minimum atomic E-state index is -0.00334. The van der Waals surface area contributed by atoms with Gasteiger partial charge >= 0.3 is 0 Å². The van der Waals surface area contributed by atoms with Crippen molar-refractivity contribution in [2.24, 2.45) is 0 Å². The summed E-state index contributed by atoms with van der Waals surface area (Å²) in [4.78, 5) is 0. The molecule has 0 saturated carbocycles. The number of aromatic nitrogens is 1. The number of nitrogens with zero attached hydrogens (tertiary/aromatic N) is 1. The van der Waals surface area contributed by atoms with Crippen molar-refractivity contribution < 1.29 is 9.26 Å². The summed E-state index contributed by atoms with van der Waals surface area (Å²) in [6.07, 6.45) is 0. The quantitative estimate of drug-likeness (QED) is 0.883. The molecule has 0 unspecified atom stereocenters. The fraction of sp³-hybridized carbons (Fsp3) is 0.357. The third-order valence-corrected chi connectivity index (χ3v) is 2.83. The highest BCUT2D eigenvalue weighted by Crippen LogP contribution is 2.34. The minimum absolute atomic E-state index is 0.00334. The fourth-order valence-electron chi connectivity index (χ4n) is 1.88. The van der Waals surface area contributed by atoms with Gasteiger partial charge in [0, 0.05) is 17.2 Å². The first-order valence-electron chi connectivity index (χ1n) is 5.83. The van der Waals surface area contributed by atoms with Crippen molar-refractivity contribution in [2.45, 2.75) is 26.2 Å². The van der Waals surface area contributed by atoms with Gasteiger partial charge in [-0.2, -0.15) is 0 Å². The second-order valence-corrected chi connectivity index (χ2v) is 5.28. The Morgan fingerprint density at radius 1 is 1.22 bits per heavy atom. The van der Waals surface area contributed by atoms with Crippen molar-refractivity contribution in [2.75, 3.05) is 12.8 Å². The van der Waals surface area contributed by atoms with Crippen LogP contribution in [-0.2, 0) is 5.41 Å². The van der Waals surface area contributed by atoms with Crippen LogP contribution < -0.4 is 10.5 Å². The number of hydrogen-bond donors (Lipinski definition) is 1. The fourth-order valence-corrected chi connectivity index (χ4v) is 1.88. The molecule has 0 saturated heterocycles. The summed E-state index contributed by atoms with van der Waals surface area (Å²) in [5.41, 5.74) is 8.38. The summed E-state index contributed by atoms with van der Waals surface area (Å²) in [5, 5.41) is 3.92. The van der Waals surface area contributed by atoms with Crippen LogP contribution in [0.1, 0.15) is 26.3 Å². The standard InChI is InChI=1S/C14H18N2O2/c1-14(2,3)10-7-9(5-6-12(10)17-4)11-8-13(15)18-16-11/h5-8H,15H2,1-4H3. The molecule has 18 heavy (non-hydrogen) atoms. The van der Waals surface area contributed by atoms with E-state index < -0.39 is 0 Å². The maximum absolute atomic E-state index is 5.54. The van der Waals surface area contributed by atoms with Crippen LogP contribution in [0.15, 0.2) is 28.8 Å². The third-order valence-electron chi connectivity index (χ3n) is 2.83. The van der Waals surface area contributed by atoms with E-state index in [-0.39, 0.29) is 5.41 Å². The lowest BCUT2D eigenvalue weighted by Gasteiger charge is -2.22. The Balaban J connectivity index is 2.52. The number of ether oxygens (including phenoxy) is 1. The predicted octanol–water partition coefficient (Wildman–Crippen LogP) is 3.23. The number of nitrogen functional groups attached to an aromatic ring is 1. The Bertz CT molecular complexity index is 553. The van der Waals surface area contributed by atoms with Gasteiger partial charge in [0.15, 0.2) is 0 Å². The van der Waals surface area contributed by atoms with Crippen LogP contribution in [0.25, 0.3) is 11.3 Å². The zero-order chi connectivity index (χ0) is 13.3. The average molecular weight is 246 g/mol. The molecule has 0 atom stereocenters. The van der Waals surface area contributed by atoms with E-state index in [1.807, 2.05) is 12.1 Å². The largest absolute Gasteiger partial charge is 0.496 e. The lowest BCUT2D eigenvalue weighted by Crippen LogP contribution is -2.12. The van der Waals surface area contributed by atoms with Gasteiger partial charge < -0.3 is 15.0 Å². The lowest BCUT2D eigenvalue weighted by atomic mass is 9.85. The van der Waals surface area contributed by atoms with Crippen LogP contribution in [-0.4, -0.2) is 12.3 Å². The van der Waals surface area contributed by atoms with E-state index in [1.54, 1.807) is 13.2 Å². The SMILES string of the molecule is COc1ccc(-c2cc(N)on2)cc1C(C)(C)C. The van der Waals surface area contributed by atoms with Crippen LogP contribution >= 0.6 is 0 Å². The van der Waals surface area contributed by atoms with Gasteiger partial charge in [-0.05, 0) is 23.6 Å². The molecule has 96 valence electrons. The first-order valence-corrected chi connectivity index (χ1v) is 5.83. The summed E-state index contributed by atoms with van der Waals surface area (Å²) in [6.45, 7) is 6.43. The molecular weight excluding hydrogens is 228 g/mol. The Morgan fingerprint density at radius 3 is 2.44 bits per heavy atom. The molecule has 4 heteroatoms. The molecule has 0 aliphatic rings. The Hall–Kier alpha value is -1.97. The molecule has 1 aromatic heterocycles. The van der Waals surface area contributed by atoms with Crippen LogP contribution in [0.2, 0.25) is 0 Å². The topological polar surface area (TPSA) is 61.3 Å². The van der Waals surface area contributed by atoms with Crippen molar-refractivity contribution in [3.63, 3.8) is 0 Å². The first kappa shape index (κ1) is 12.5. The van der Waals surface area contributed by atoms with E-state index >= 15 is 0 Å². The smallest absolute Gasteiger partial charge is 0.222 e. The summed E-state index contributed by atoms with van der Waals surface area (Å²) < 4.78 is 10.3. The van der Waals surface area contributed by atoms with Gasteiger partial charge in [-0.3, -0.25) is 0 Å². The highest BCUT2D eigenvalue weighted by Gasteiger charge is 2.20. The second kappa shape index (κ2) is 4.37. The van der Waals surface area contributed by atoms with E-state index in [0.717, 1.165) is 22.6 Å². The van der Waals surface area contributed by atoms with E-state index in [2.05, 4.69) is 32.0 Å². The van der Waals surface area contributed by atoms with Gasteiger partial charge in [0.2, 0.25) is 5.88 Å². The Kier molecular flexibility index (Phi) is 3.03. The normalized spacial score (nSPS) is 11.6. The zero-order valence-electron chi connectivity index (χ0n) is 11.2. The monoisotopic (exact) mass is 246 g/mol. The Labute approximate surface area is 107 Å². The Morgan fingerprint density at radius 2 is 1.94 bits per heavy atom. The molecule has 1 aromatic carbocycles. The van der Waals surface area contributed by atoms with Crippen molar-refractivity contribution in [3.05, 3.63) is 29.8 Å². The van der Waals surface area contributed by atoms with E-state index in [1.165, 1.54) is 0 Å². The van der Waals surface area contributed by atoms with Crippen LogP contribution in [0.3, 0.4) is 0 Å². The van der Waals surface area contributed by atoms with E-state index in [4.69, 9.17) is 15.0 Å². The molecule has 4 nitrogen and oxygen atoms in total. The van der Waals surface area contributed by atoms with E-state index in [9.17, 15) is 0 Å². The number of rotatable bonds is 2. The number of anilines is 1. The number of nitrogens with two attached hydrogens (primary N) is 1. The maximum atomic E-state index is 5.54. The molecule has 2 aromatic rings. The van der Waals surface area contributed by atoms with Crippen molar-refractivity contribution in [1.29, 1.82) is 0 Å². The molecule has 0 fully saturated rings. The molecule has 2 rings (SSSR count). The van der Waals surface area contributed by atoms with Crippen molar-refractivity contribution in [3.8, 4) is 17.0 Å². The highest BCUT2D eigenvalue weighted by atomic mass is 16.5. The predicted molar refractivity (Wildman–Crippen MR) is 71.6 cm³/mol. The zero-order valence-corrected chi connectivity index (χ0v) is 11.2. The number of hydrogen-bond acceptors (Lipinski definition) is 4. The summed E-state index contributed by atoms with van der Waals surface area (Å²) in [6, 6.07) is 7.68. The first-order chi connectivity index (χ1) is 8.41. The highest BCUT2D eigenvalue weighted by molar-refractivity contribution is 5.64. The molecular formula is C14H18N2O2.